The molecular weight excluding hydrogens is 376 g/mol. The predicted molar refractivity (Wildman–Crippen MR) is 117 cm³/mol. The molecule has 0 bridgehead atoms. The van der Waals surface area contributed by atoms with Crippen molar-refractivity contribution in [3.05, 3.63) is 29.8 Å². The molecule has 1 aliphatic rings. The predicted octanol–water partition coefficient (Wildman–Crippen LogP) is 4.73. The highest BCUT2D eigenvalue weighted by atomic mass is 35.5. The van der Waals surface area contributed by atoms with Gasteiger partial charge in [0.2, 0.25) is 0 Å². The second-order valence-corrected chi connectivity index (χ2v) is 7.84. The Morgan fingerprint density at radius 1 is 1.04 bits per heavy atom. The van der Waals surface area contributed by atoms with E-state index in [0.29, 0.717) is 6.61 Å². The molecule has 0 saturated carbocycles. The van der Waals surface area contributed by atoms with Gasteiger partial charge in [-0.05, 0) is 55.8 Å². The third-order valence-electron chi connectivity index (χ3n) is 5.56. The van der Waals surface area contributed by atoms with Gasteiger partial charge in [0, 0.05) is 26.2 Å². The van der Waals surface area contributed by atoms with Crippen molar-refractivity contribution in [2.75, 3.05) is 45.9 Å². The first-order valence-corrected chi connectivity index (χ1v) is 10.3. The van der Waals surface area contributed by atoms with E-state index in [1.807, 2.05) is 6.92 Å². The molecule has 0 aliphatic carbocycles. The third-order valence-corrected chi connectivity index (χ3v) is 5.56. The van der Waals surface area contributed by atoms with Gasteiger partial charge in [0.25, 0.3) is 0 Å². The summed E-state index contributed by atoms with van der Waals surface area (Å²) in [5, 5.41) is 0. The molecule has 1 aromatic carbocycles. The smallest absolute Gasteiger partial charge is 0.409 e. The summed E-state index contributed by atoms with van der Waals surface area (Å²) in [7, 11) is 0. The number of hydrogen-bond donors (Lipinski definition) is 0. The van der Waals surface area contributed by atoms with Crippen molar-refractivity contribution in [3.8, 4) is 5.75 Å². The molecule has 1 fully saturated rings. The number of hydrogen-bond acceptors (Lipinski definition) is 4. The van der Waals surface area contributed by atoms with Crippen LogP contribution in [0, 0.1) is 0 Å². The Hall–Kier alpha value is -1.46. The van der Waals surface area contributed by atoms with Crippen LogP contribution in [-0.2, 0) is 10.2 Å². The number of unbranched alkanes of at least 4 members (excludes halogenated alkanes) is 1. The van der Waals surface area contributed by atoms with Crippen molar-refractivity contribution in [1.29, 1.82) is 0 Å². The molecule has 0 N–H and O–H groups in total. The van der Waals surface area contributed by atoms with Crippen molar-refractivity contribution in [3.63, 3.8) is 0 Å². The lowest BCUT2D eigenvalue weighted by atomic mass is 9.82. The third kappa shape index (κ3) is 7.51. The van der Waals surface area contributed by atoms with Gasteiger partial charge < -0.3 is 14.4 Å². The average molecular weight is 413 g/mol. The van der Waals surface area contributed by atoms with Crippen LogP contribution in [0.1, 0.15) is 52.5 Å². The first-order chi connectivity index (χ1) is 13.0. The minimum Gasteiger partial charge on any atom is -0.494 e. The molecule has 0 unspecified atom stereocenters. The Kier molecular flexibility index (Phi) is 10.7. The number of nitrogens with zero attached hydrogens (tertiary/aromatic N) is 2. The molecule has 160 valence electrons. The molecule has 1 heterocycles. The summed E-state index contributed by atoms with van der Waals surface area (Å²) in [6, 6.07) is 8.53. The lowest BCUT2D eigenvalue weighted by Crippen LogP contribution is -2.49. The molecular formula is C22H37ClN2O3. The Morgan fingerprint density at radius 3 is 2.25 bits per heavy atom. The molecule has 6 heteroatoms. The number of benzene rings is 1. The van der Waals surface area contributed by atoms with Gasteiger partial charge >= 0.3 is 6.09 Å². The summed E-state index contributed by atoms with van der Waals surface area (Å²) in [6.45, 7) is 14.2. The van der Waals surface area contributed by atoms with Crippen molar-refractivity contribution < 1.29 is 14.3 Å². The molecule has 0 spiro atoms. The van der Waals surface area contributed by atoms with Crippen LogP contribution in [0.4, 0.5) is 4.79 Å². The molecule has 5 nitrogen and oxygen atoms in total. The van der Waals surface area contributed by atoms with Gasteiger partial charge in [-0.25, -0.2) is 4.79 Å². The SMILES string of the molecule is CCOC(=O)N1CCN(CCCCOc2ccc(C(C)(C)CC)cc2)CC1.Cl. The molecule has 0 aromatic heterocycles. The lowest BCUT2D eigenvalue weighted by molar-refractivity contribution is 0.0789. The Labute approximate surface area is 176 Å². The van der Waals surface area contributed by atoms with Gasteiger partial charge in [0.15, 0.2) is 0 Å². The Bertz CT molecular complexity index is 570. The summed E-state index contributed by atoms with van der Waals surface area (Å²) in [6.07, 6.45) is 3.10. The molecule has 0 radical (unpaired) electrons. The minimum absolute atomic E-state index is 0. The monoisotopic (exact) mass is 412 g/mol. The van der Waals surface area contributed by atoms with Crippen molar-refractivity contribution in [2.24, 2.45) is 0 Å². The topological polar surface area (TPSA) is 42.0 Å². The lowest BCUT2D eigenvalue weighted by Gasteiger charge is -2.33. The summed E-state index contributed by atoms with van der Waals surface area (Å²) < 4.78 is 10.9. The fraction of sp³-hybridized carbons (Fsp3) is 0.682. The largest absolute Gasteiger partial charge is 0.494 e. The number of amides is 1. The quantitative estimate of drug-likeness (QED) is 0.550. The van der Waals surface area contributed by atoms with Crippen LogP contribution >= 0.6 is 12.4 Å². The number of halogens is 1. The maximum absolute atomic E-state index is 11.7. The number of rotatable bonds is 9. The van der Waals surface area contributed by atoms with E-state index in [9.17, 15) is 4.79 Å². The minimum atomic E-state index is -0.182. The maximum Gasteiger partial charge on any atom is 0.409 e. The highest BCUT2D eigenvalue weighted by Crippen LogP contribution is 2.28. The van der Waals surface area contributed by atoms with Crippen molar-refractivity contribution in [2.45, 2.75) is 52.4 Å². The van der Waals surface area contributed by atoms with Crippen LogP contribution < -0.4 is 4.74 Å². The van der Waals surface area contributed by atoms with Gasteiger partial charge in [-0.15, -0.1) is 12.4 Å². The standard InChI is InChI=1S/C22H36N2O3.ClH/c1-5-22(3,4)19-9-11-20(12-10-19)27-18-8-7-13-23-14-16-24(17-15-23)21(25)26-6-2;/h9-12H,5-8,13-18H2,1-4H3;1H. The van der Waals surface area contributed by atoms with E-state index in [0.717, 1.165) is 64.3 Å². The van der Waals surface area contributed by atoms with Gasteiger partial charge in [0.05, 0.1) is 13.2 Å². The summed E-state index contributed by atoms with van der Waals surface area (Å²) in [5.41, 5.74) is 1.58. The molecule has 2 rings (SSSR count). The van der Waals surface area contributed by atoms with Gasteiger partial charge in [0.1, 0.15) is 5.75 Å². The zero-order valence-electron chi connectivity index (χ0n) is 17.9. The fourth-order valence-electron chi connectivity index (χ4n) is 3.20. The highest BCUT2D eigenvalue weighted by molar-refractivity contribution is 5.85. The molecule has 1 saturated heterocycles. The van der Waals surface area contributed by atoms with E-state index in [1.165, 1.54) is 5.56 Å². The molecule has 0 atom stereocenters. The van der Waals surface area contributed by atoms with Crippen LogP contribution in [-0.4, -0.2) is 61.8 Å². The van der Waals surface area contributed by atoms with Gasteiger partial charge in [-0.1, -0.05) is 32.9 Å². The van der Waals surface area contributed by atoms with E-state index < -0.39 is 0 Å². The number of piperazine rings is 1. The Balaban J connectivity index is 0.00000392. The first-order valence-electron chi connectivity index (χ1n) is 10.3. The normalized spacial score (nSPS) is 15.1. The highest BCUT2D eigenvalue weighted by Gasteiger charge is 2.21. The molecule has 1 aromatic rings. The second kappa shape index (κ2) is 12.2. The Morgan fingerprint density at radius 2 is 1.68 bits per heavy atom. The van der Waals surface area contributed by atoms with Gasteiger partial charge in [-0.2, -0.15) is 0 Å². The summed E-state index contributed by atoms with van der Waals surface area (Å²) in [5.74, 6) is 0.953. The van der Waals surface area contributed by atoms with E-state index in [-0.39, 0.29) is 23.9 Å². The number of carbonyl (C=O) groups excluding carboxylic acids is 1. The van der Waals surface area contributed by atoms with E-state index in [1.54, 1.807) is 4.90 Å². The zero-order valence-corrected chi connectivity index (χ0v) is 18.7. The zero-order chi connectivity index (χ0) is 19.7. The van der Waals surface area contributed by atoms with Crippen molar-refractivity contribution >= 4 is 18.5 Å². The fourth-order valence-corrected chi connectivity index (χ4v) is 3.20. The van der Waals surface area contributed by atoms with Crippen LogP contribution in [0.3, 0.4) is 0 Å². The molecule has 1 amide bonds. The van der Waals surface area contributed by atoms with Gasteiger partial charge in [-0.3, -0.25) is 4.90 Å². The van der Waals surface area contributed by atoms with Crippen LogP contribution in [0.15, 0.2) is 24.3 Å². The van der Waals surface area contributed by atoms with Crippen LogP contribution in [0.5, 0.6) is 5.75 Å². The maximum atomic E-state index is 11.7. The second-order valence-electron chi connectivity index (χ2n) is 7.84. The first kappa shape index (κ1) is 24.6. The van der Waals surface area contributed by atoms with E-state index in [2.05, 4.69) is 49.9 Å². The van der Waals surface area contributed by atoms with Crippen LogP contribution in [0.25, 0.3) is 0 Å². The molecule has 28 heavy (non-hydrogen) atoms. The molecule has 1 aliphatic heterocycles. The summed E-state index contributed by atoms with van der Waals surface area (Å²) in [4.78, 5) is 15.9. The van der Waals surface area contributed by atoms with E-state index >= 15 is 0 Å². The van der Waals surface area contributed by atoms with Crippen molar-refractivity contribution in [1.82, 2.24) is 9.80 Å². The van der Waals surface area contributed by atoms with E-state index in [4.69, 9.17) is 9.47 Å². The average Bonchev–Trinajstić information content (AvgIpc) is 2.69. The van der Waals surface area contributed by atoms with Crippen LogP contribution in [0.2, 0.25) is 0 Å². The number of ether oxygens (including phenoxy) is 2. The number of carbonyl (C=O) groups is 1. The summed E-state index contributed by atoms with van der Waals surface area (Å²) >= 11 is 0.